The maximum absolute atomic E-state index is 13.6. The van der Waals surface area contributed by atoms with Crippen LogP contribution in [0.5, 0.6) is 0 Å². The number of likely N-dealkylation sites (tertiary alicyclic amines) is 1. The molecular formula is C17H21F2N3. The molecule has 3 nitrogen and oxygen atoms in total. The van der Waals surface area contributed by atoms with Gasteiger partial charge in [-0.1, -0.05) is 18.2 Å². The molecule has 1 fully saturated rings. The van der Waals surface area contributed by atoms with Crippen LogP contribution in [0, 0.1) is 11.6 Å². The summed E-state index contributed by atoms with van der Waals surface area (Å²) < 4.78 is 26.7. The van der Waals surface area contributed by atoms with Crippen molar-refractivity contribution in [3.05, 3.63) is 53.3 Å². The molecule has 5 heteroatoms. The van der Waals surface area contributed by atoms with Crippen LogP contribution in [0.4, 0.5) is 14.5 Å². The lowest BCUT2D eigenvalue weighted by molar-refractivity contribution is 0.334. The van der Waals surface area contributed by atoms with E-state index in [1.54, 1.807) is 6.07 Å². The summed E-state index contributed by atoms with van der Waals surface area (Å²) in [6.07, 6.45) is 8.76. The number of nitrogens with zero attached hydrogens (tertiary/aromatic N) is 2. The monoisotopic (exact) mass is 305 g/mol. The van der Waals surface area contributed by atoms with E-state index in [0.717, 1.165) is 25.6 Å². The summed E-state index contributed by atoms with van der Waals surface area (Å²) in [5.41, 5.74) is 7.48. The van der Waals surface area contributed by atoms with Gasteiger partial charge in [-0.15, -0.1) is 0 Å². The first-order valence-corrected chi connectivity index (χ1v) is 7.61. The van der Waals surface area contributed by atoms with Crippen LogP contribution in [0.25, 0.3) is 0 Å². The Kier molecular flexibility index (Phi) is 4.16. The molecule has 0 aromatic heterocycles. The van der Waals surface area contributed by atoms with Crippen molar-refractivity contribution in [3.8, 4) is 0 Å². The zero-order chi connectivity index (χ0) is 15.7. The Bertz CT molecular complexity index is 625. The first kappa shape index (κ1) is 15.0. The SMILES string of the molecule is CN1CCCC1C1=CN(Cc2ccc(F)c(F)c2N)CC=C1. The lowest BCUT2D eigenvalue weighted by Gasteiger charge is -2.28. The number of halogens is 2. The van der Waals surface area contributed by atoms with E-state index in [1.807, 2.05) is 0 Å². The molecule has 1 unspecified atom stereocenters. The van der Waals surface area contributed by atoms with Crippen molar-refractivity contribution >= 4 is 5.69 Å². The number of hydrogen-bond donors (Lipinski definition) is 1. The standard InChI is InChI=1S/C17H21F2N3/c1-21-8-3-5-15(21)12-4-2-9-22(10-12)11-13-6-7-14(18)16(19)17(13)20/h2,4,6-7,10,15H,3,5,8-9,11,20H2,1H3. The predicted octanol–water partition coefficient (Wildman–Crippen LogP) is 2.90. The van der Waals surface area contributed by atoms with Crippen molar-refractivity contribution in [2.24, 2.45) is 0 Å². The fourth-order valence-electron chi connectivity index (χ4n) is 3.23. The molecule has 0 spiro atoms. The normalized spacial score (nSPS) is 22.2. The van der Waals surface area contributed by atoms with E-state index in [2.05, 4.69) is 35.2 Å². The van der Waals surface area contributed by atoms with Crippen LogP contribution < -0.4 is 5.73 Å². The summed E-state index contributed by atoms with van der Waals surface area (Å²) in [6, 6.07) is 3.14. The second kappa shape index (κ2) is 6.08. The van der Waals surface area contributed by atoms with Crippen molar-refractivity contribution in [3.63, 3.8) is 0 Å². The first-order chi connectivity index (χ1) is 10.6. The van der Waals surface area contributed by atoms with Crippen LogP contribution in [-0.2, 0) is 6.54 Å². The summed E-state index contributed by atoms with van der Waals surface area (Å²) in [7, 11) is 2.14. The highest BCUT2D eigenvalue weighted by atomic mass is 19.2. The van der Waals surface area contributed by atoms with Crippen molar-refractivity contribution < 1.29 is 8.78 Å². The van der Waals surface area contributed by atoms with Gasteiger partial charge in [0.15, 0.2) is 11.6 Å². The number of likely N-dealkylation sites (N-methyl/N-ethyl adjacent to an activating group) is 1. The largest absolute Gasteiger partial charge is 0.396 e. The molecule has 1 aromatic rings. The molecule has 2 aliphatic heterocycles. The molecule has 3 rings (SSSR count). The minimum absolute atomic E-state index is 0.0949. The summed E-state index contributed by atoms with van der Waals surface area (Å²) in [5.74, 6) is -1.85. The minimum Gasteiger partial charge on any atom is -0.396 e. The molecular weight excluding hydrogens is 284 g/mol. The van der Waals surface area contributed by atoms with Gasteiger partial charge in [-0.25, -0.2) is 8.78 Å². The van der Waals surface area contributed by atoms with Crippen molar-refractivity contribution in [2.75, 3.05) is 25.9 Å². The van der Waals surface area contributed by atoms with E-state index in [-0.39, 0.29) is 5.69 Å². The van der Waals surface area contributed by atoms with Gasteiger partial charge in [0.2, 0.25) is 0 Å². The molecule has 1 saturated heterocycles. The molecule has 1 aromatic carbocycles. The molecule has 2 N–H and O–H groups in total. The van der Waals surface area contributed by atoms with Crippen LogP contribution in [0.2, 0.25) is 0 Å². The predicted molar refractivity (Wildman–Crippen MR) is 84.1 cm³/mol. The highest BCUT2D eigenvalue weighted by molar-refractivity contribution is 5.48. The summed E-state index contributed by atoms with van der Waals surface area (Å²) in [6.45, 7) is 2.34. The van der Waals surface area contributed by atoms with Gasteiger partial charge >= 0.3 is 0 Å². The molecule has 0 saturated carbocycles. The average molecular weight is 305 g/mol. The molecule has 22 heavy (non-hydrogen) atoms. The van der Waals surface area contributed by atoms with Crippen molar-refractivity contribution in [1.29, 1.82) is 0 Å². The first-order valence-electron chi connectivity index (χ1n) is 7.61. The Balaban J connectivity index is 1.77. The Hall–Kier alpha value is -1.88. The molecule has 2 heterocycles. The second-order valence-electron chi connectivity index (χ2n) is 6.03. The fraction of sp³-hybridized carbons (Fsp3) is 0.412. The lowest BCUT2D eigenvalue weighted by atomic mass is 10.0. The van der Waals surface area contributed by atoms with Crippen LogP contribution >= 0.6 is 0 Å². The third-order valence-corrected chi connectivity index (χ3v) is 4.48. The van der Waals surface area contributed by atoms with E-state index in [0.29, 0.717) is 18.2 Å². The maximum atomic E-state index is 13.6. The highest BCUT2D eigenvalue weighted by Gasteiger charge is 2.25. The summed E-state index contributed by atoms with van der Waals surface area (Å²) in [4.78, 5) is 4.44. The fourth-order valence-corrected chi connectivity index (χ4v) is 3.23. The van der Waals surface area contributed by atoms with Gasteiger partial charge in [-0.2, -0.15) is 0 Å². The van der Waals surface area contributed by atoms with Gasteiger partial charge in [-0.3, -0.25) is 4.90 Å². The number of hydrogen-bond acceptors (Lipinski definition) is 3. The zero-order valence-electron chi connectivity index (χ0n) is 12.7. The van der Waals surface area contributed by atoms with Gasteiger partial charge in [0.1, 0.15) is 0 Å². The molecule has 0 aliphatic carbocycles. The molecule has 0 radical (unpaired) electrons. The topological polar surface area (TPSA) is 32.5 Å². The van der Waals surface area contributed by atoms with E-state index in [1.165, 1.54) is 12.0 Å². The van der Waals surface area contributed by atoms with E-state index in [9.17, 15) is 8.78 Å². The van der Waals surface area contributed by atoms with E-state index < -0.39 is 11.6 Å². The van der Waals surface area contributed by atoms with Crippen molar-refractivity contribution in [1.82, 2.24) is 9.80 Å². The van der Waals surface area contributed by atoms with Crippen LogP contribution in [-0.4, -0.2) is 36.0 Å². The van der Waals surface area contributed by atoms with Gasteiger partial charge in [0.05, 0.1) is 5.69 Å². The molecule has 1 atom stereocenters. The molecule has 2 aliphatic rings. The van der Waals surface area contributed by atoms with Gasteiger partial charge in [0, 0.05) is 25.3 Å². The van der Waals surface area contributed by atoms with Crippen LogP contribution in [0.15, 0.2) is 36.1 Å². The molecule has 0 amide bonds. The van der Waals surface area contributed by atoms with E-state index in [4.69, 9.17) is 5.73 Å². The zero-order valence-corrected chi connectivity index (χ0v) is 12.7. The Labute approximate surface area is 129 Å². The summed E-state index contributed by atoms with van der Waals surface area (Å²) in [5, 5.41) is 0. The Morgan fingerprint density at radius 1 is 1.32 bits per heavy atom. The van der Waals surface area contributed by atoms with Crippen LogP contribution in [0.3, 0.4) is 0 Å². The van der Waals surface area contributed by atoms with Crippen LogP contribution in [0.1, 0.15) is 18.4 Å². The second-order valence-corrected chi connectivity index (χ2v) is 6.03. The lowest BCUT2D eigenvalue weighted by Crippen LogP contribution is -2.30. The number of rotatable bonds is 3. The Morgan fingerprint density at radius 2 is 2.14 bits per heavy atom. The van der Waals surface area contributed by atoms with E-state index >= 15 is 0 Å². The molecule has 118 valence electrons. The number of anilines is 1. The maximum Gasteiger partial charge on any atom is 0.181 e. The number of nitrogen functional groups attached to an aromatic ring is 1. The minimum atomic E-state index is -0.954. The highest BCUT2D eigenvalue weighted by Crippen LogP contribution is 2.26. The smallest absolute Gasteiger partial charge is 0.181 e. The molecule has 0 bridgehead atoms. The van der Waals surface area contributed by atoms with Gasteiger partial charge < -0.3 is 10.6 Å². The van der Waals surface area contributed by atoms with Crippen molar-refractivity contribution in [2.45, 2.75) is 25.4 Å². The number of nitrogens with two attached hydrogens (primary N) is 1. The quantitative estimate of drug-likeness (QED) is 0.872. The summed E-state index contributed by atoms with van der Waals surface area (Å²) >= 11 is 0. The third kappa shape index (κ3) is 2.86. The average Bonchev–Trinajstić information content (AvgIpc) is 2.94. The Morgan fingerprint density at radius 3 is 2.86 bits per heavy atom. The van der Waals surface area contributed by atoms with Gasteiger partial charge in [0.25, 0.3) is 0 Å². The third-order valence-electron chi connectivity index (χ3n) is 4.48. The van der Waals surface area contributed by atoms with Gasteiger partial charge in [-0.05, 0) is 43.6 Å². The number of benzene rings is 1.